The second kappa shape index (κ2) is 13.5. The Morgan fingerprint density at radius 1 is 0.895 bits per heavy atom. The molecule has 2 aromatic rings. The second-order valence-electron chi connectivity index (χ2n) is 9.72. The summed E-state index contributed by atoms with van der Waals surface area (Å²) < 4.78 is 27.5. The molecule has 9 nitrogen and oxygen atoms in total. The zero-order valence-corrected chi connectivity index (χ0v) is 24.8. The first-order valence-electron chi connectivity index (χ1n) is 12.2. The van der Waals surface area contributed by atoms with Crippen LogP contribution in [0.5, 0.6) is 28.7 Å². The van der Waals surface area contributed by atoms with Gasteiger partial charge in [0.25, 0.3) is 0 Å². The minimum absolute atomic E-state index is 0.147. The first kappa shape index (κ1) is 31.7. The molecule has 2 aromatic carbocycles. The number of alkyl halides is 1. The molecule has 2 rings (SSSR count). The van der Waals surface area contributed by atoms with Gasteiger partial charge in [-0.05, 0) is 61.7 Å². The van der Waals surface area contributed by atoms with Gasteiger partial charge in [-0.15, -0.1) is 0 Å². The van der Waals surface area contributed by atoms with Crippen LogP contribution in [0.15, 0.2) is 24.3 Å². The Morgan fingerprint density at radius 2 is 1.39 bits per heavy atom. The summed E-state index contributed by atoms with van der Waals surface area (Å²) in [5.74, 6) is 0.313. The summed E-state index contributed by atoms with van der Waals surface area (Å²) in [6.45, 7) is 8.31. The molecule has 0 aromatic heterocycles. The first-order chi connectivity index (χ1) is 17.8. The van der Waals surface area contributed by atoms with Gasteiger partial charge in [0.1, 0.15) is 10.4 Å². The molecule has 38 heavy (non-hydrogen) atoms. The lowest BCUT2D eigenvalue weighted by atomic mass is 9.94. The van der Waals surface area contributed by atoms with Crippen molar-refractivity contribution in [2.45, 2.75) is 57.1 Å². The molecule has 0 amide bonds. The molecule has 4 atom stereocenters. The molecule has 212 valence electrons. The molecule has 0 spiro atoms. The molecule has 0 saturated carbocycles. The van der Waals surface area contributed by atoms with Crippen LogP contribution >= 0.6 is 15.9 Å². The molecular formula is C28H39BrO9. The lowest BCUT2D eigenvalue weighted by molar-refractivity contribution is -0.136. The Bertz CT molecular complexity index is 1070. The smallest absolute Gasteiger partial charge is 0.327 e. The molecule has 0 bridgehead atoms. The van der Waals surface area contributed by atoms with Gasteiger partial charge in [0, 0.05) is 18.4 Å². The van der Waals surface area contributed by atoms with E-state index < -0.39 is 22.5 Å². The van der Waals surface area contributed by atoms with Gasteiger partial charge in [-0.1, -0.05) is 29.8 Å². The van der Waals surface area contributed by atoms with Crippen LogP contribution in [0.25, 0.3) is 0 Å². The number of esters is 1. The van der Waals surface area contributed by atoms with E-state index in [9.17, 15) is 20.1 Å². The number of halogens is 1. The van der Waals surface area contributed by atoms with E-state index in [2.05, 4.69) is 15.9 Å². The van der Waals surface area contributed by atoms with E-state index in [0.717, 1.165) is 5.56 Å². The molecule has 0 heterocycles. The van der Waals surface area contributed by atoms with Crippen LogP contribution in [-0.2, 0) is 4.79 Å². The van der Waals surface area contributed by atoms with Gasteiger partial charge in [-0.3, -0.25) is 4.79 Å². The summed E-state index contributed by atoms with van der Waals surface area (Å²) >= 11 is 3.30. The Morgan fingerprint density at radius 3 is 1.84 bits per heavy atom. The summed E-state index contributed by atoms with van der Waals surface area (Å²) in [7, 11) is 4.41. The van der Waals surface area contributed by atoms with Crippen molar-refractivity contribution in [1.29, 1.82) is 0 Å². The fourth-order valence-electron chi connectivity index (χ4n) is 3.81. The maximum Gasteiger partial charge on any atom is 0.327 e. The monoisotopic (exact) mass is 598 g/mol. The highest BCUT2D eigenvalue weighted by Crippen LogP contribution is 2.43. The maximum atomic E-state index is 12.5. The molecule has 0 aliphatic heterocycles. The van der Waals surface area contributed by atoms with E-state index in [1.165, 1.54) is 21.3 Å². The van der Waals surface area contributed by atoms with Crippen molar-refractivity contribution in [3.63, 3.8) is 0 Å². The number of methoxy groups -OCH3 is 3. The average molecular weight is 600 g/mol. The fraction of sp³-hybridized carbons (Fsp3) is 0.536. The highest BCUT2D eigenvalue weighted by molar-refractivity contribution is 9.10. The lowest BCUT2D eigenvalue weighted by Crippen LogP contribution is -2.30. The van der Waals surface area contributed by atoms with Crippen molar-refractivity contribution in [3.05, 3.63) is 41.0 Å². The van der Waals surface area contributed by atoms with Crippen molar-refractivity contribution < 1.29 is 43.8 Å². The third kappa shape index (κ3) is 7.31. The predicted octanol–water partition coefficient (Wildman–Crippen LogP) is 4.30. The van der Waals surface area contributed by atoms with E-state index >= 15 is 0 Å². The van der Waals surface area contributed by atoms with Gasteiger partial charge in [0.2, 0.25) is 5.75 Å². The SMILES string of the molecule is COc1cc(C(O)[C@H](C)CO)cc(C)c1OC(CO)C(C)c1cc(OC)c(OC(=O)C(C)(C)Br)c(OC)c1. The summed E-state index contributed by atoms with van der Waals surface area (Å²) in [6.07, 6.45) is -1.57. The van der Waals surface area contributed by atoms with E-state index in [4.69, 9.17) is 23.7 Å². The third-order valence-electron chi connectivity index (χ3n) is 6.35. The van der Waals surface area contributed by atoms with Gasteiger partial charge in [-0.2, -0.15) is 0 Å². The Balaban J connectivity index is 2.44. The van der Waals surface area contributed by atoms with Gasteiger partial charge >= 0.3 is 5.97 Å². The third-order valence-corrected chi connectivity index (χ3v) is 6.67. The summed E-state index contributed by atoms with van der Waals surface area (Å²) in [5, 5.41) is 30.2. The van der Waals surface area contributed by atoms with Gasteiger partial charge in [0.15, 0.2) is 23.0 Å². The van der Waals surface area contributed by atoms with Crippen LogP contribution in [0, 0.1) is 12.8 Å². The van der Waals surface area contributed by atoms with Gasteiger partial charge < -0.3 is 39.0 Å². The average Bonchev–Trinajstić information content (AvgIpc) is 2.89. The van der Waals surface area contributed by atoms with Gasteiger partial charge in [-0.25, -0.2) is 0 Å². The molecule has 0 saturated heterocycles. The lowest BCUT2D eigenvalue weighted by Gasteiger charge is -2.27. The number of aliphatic hydroxyl groups excluding tert-OH is 3. The number of carbonyl (C=O) groups is 1. The van der Waals surface area contributed by atoms with Crippen molar-refractivity contribution in [1.82, 2.24) is 0 Å². The van der Waals surface area contributed by atoms with E-state index in [0.29, 0.717) is 22.6 Å². The zero-order valence-electron chi connectivity index (χ0n) is 23.2. The summed E-state index contributed by atoms with van der Waals surface area (Å²) in [4.78, 5) is 12.5. The Hall–Kier alpha value is -2.53. The number of benzene rings is 2. The van der Waals surface area contributed by atoms with Crippen LogP contribution < -0.4 is 23.7 Å². The number of carbonyl (C=O) groups excluding carboxylic acids is 1. The Kier molecular flexibility index (Phi) is 11.3. The van der Waals surface area contributed by atoms with Gasteiger partial charge in [0.05, 0.1) is 34.0 Å². The number of rotatable bonds is 13. The maximum absolute atomic E-state index is 12.5. The minimum Gasteiger partial charge on any atom is -0.493 e. The Labute approximate surface area is 232 Å². The molecule has 3 unspecified atom stereocenters. The fourth-order valence-corrected chi connectivity index (χ4v) is 3.89. The number of aryl methyl sites for hydroxylation is 1. The van der Waals surface area contributed by atoms with Crippen LogP contribution in [0.4, 0.5) is 0 Å². The zero-order chi connectivity index (χ0) is 28.8. The molecule has 0 aliphatic carbocycles. The number of aliphatic hydroxyl groups is 3. The van der Waals surface area contributed by atoms with E-state index in [1.807, 2.05) is 13.8 Å². The predicted molar refractivity (Wildman–Crippen MR) is 147 cm³/mol. The summed E-state index contributed by atoms with van der Waals surface area (Å²) in [5.41, 5.74) is 2.01. The largest absolute Gasteiger partial charge is 0.493 e. The second-order valence-corrected chi connectivity index (χ2v) is 11.7. The van der Waals surface area contributed by atoms with Crippen molar-refractivity contribution in [3.8, 4) is 28.7 Å². The van der Waals surface area contributed by atoms with Crippen LogP contribution in [-0.4, -0.2) is 66.3 Å². The van der Waals surface area contributed by atoms with Crippen LogP contribution in [0.1, 0.15) is 56.4 Å². The normalized spacial score (nSPS) is 14.7. The molecule has 10 heteroatoms. The van der Waals surface area contributed by atoms with Crippen LogP contribution in [0.2, 0.25) is 0 Å². The number of hydrogen-bond donors (Lipinski definition) is 3. The summed E-state index contributed by atoms with van der Waals surface area (Å²) in [6, 6.07) is 6.86. The molecule has 3 N–H and O–H groups in total. The molecule has 0 radical (unpaired) electrons. The van der Waals surface area contributed by atoms with Crippen molar-refractivity contribution in [2.75, 3.05) is 34.5 Å². The van der Waals surface area contributed by atoms with Crippen LogP contribution in [0.3, 0.4) is 0 Å². The van der Waals surface area contributed by atoms with E-state index in [-0.39, 0.29) is 42.3 Å². The molecule has 0 aliphatic rings. The number of hydrogen-bond acceptors (Lipinski definition) is 9. The van der Waals surface area contributed by atoms with Crippen molar-refractivity contribution in [2.24, 2.45) is 5.92 Å². The van der Waals surface area contributed by atoms with E-state index in [1.54, 1.807) is 45.0 Å². The number of ether oxygens (including phenoxy) is 5. The minimum atomic E-state index is -0.913. The quantitative estimate of drug-likeness (QED) is 0.176. The molecule has 0 fully saturated rings. The highest BCUT2D eigenvalue weighted by atomic mass is 79.9. The molecular weight excluding hydrogens is 560 g/mol. The standard InChI is InChI=1S/C28H39BrO9/c1-15-9-19(24(32)16(2)13-30)12-20(34-6)25(15)37-23(14-31)17(3)18-10-21(35-7)26(22(11-18)36-8)38-27(33)28(4,5)29/h9-12,16-17,23-24,30-32H,13-14H2,1-8H3/t16-,17?,23?,24?/m1/s1. The van der Waals surface area contributed by atoms with Crippen molar-refractivity contribution >= 4 is 21.9 Å². The first-order valence-corrected chi connectivity index (χ1v) is 13.0. The topological polar surface area (TPSA) is 124 Å². The highest BCUT2D eigenvalue weighted by Gasteiger charge is 2.31.